The topological polar surface area (TPSA) is 45.0 Å². The average molecular weight is 220 g/mol. The quantitative estimate of drug-likeness (QED) is 0.831. The summed E-state index contributed by atoms with van der Waals surface area (Å²) in [5.41, 5.74) is 0.614. The fourth-order valence-corrected chi connectivity index (χ4v) is 1.80. The van der Waals surface area contributed by atoms with Crippen molar-refractivity contribution >= 4 is 5.69 Å². The van der Waals surface area contributed by atoms with Gasteiger partial charge in [0.2, 0.25) is 0 Å². The third-order valence-electron chi connectivity index (χ3n) is 2.75. The van der Waals surface area contributed by atoms with Crippen LogP contribution in [0.4, 0.5) is 10.1 Å². The molecule has 1 atom stereocenters. The molecule has 1 aromatic carbocycles. The van der Waals surface area contributed by atoms with Crippen LogP contribution < -0.4 is 5.32 Å². The first-order valence-corrected chi connectivity index (χ1v) is 5.19. The molecule has 0 spiro atoms. The van der Waals surface area contributed by atoms with Crippen LogP contribution in [-0.4, -0.2) is 18.8 Å². The summed E-state index contributed by atoms with van der Waals surface area (Å²) < 4.78 is 18.7. The van der Waals surface area contributed by atoms with Crippen molar-refractivity contribution in [2.24, 2.45) is 0 Å². The van der Waals surface area contributed by atoms with E-state index in [4.69, 9.17) is 10.00 Å². The van der Waals surface area contributed by atoms with Gasteiger partial charge in [-0.05, 0) is 31.5 Å². The highest BCUT2D eigenvalue weighted by Gasteiger charge is 2.29. The second kappa shape index (κ2) is 4.11. The minimum atomic E-state index is -0.491. The molecule has 0 amide bonds. The van der Waals surface area contributed by atoms with E-state index < -0.39 is 5.82 Å². The van der Waals surface area contributed by atoms with Gasteiger partial charge in [0.15, 0.2) is 0 Å². The molecule has 1 saturated heterocycles. The average Bonchev–Trinajstić information content (AvgIpc) is 2.65. The lowest BCUT2D eigenvalue weighted by Crippen LogP contribution is -2.34. The van der Waals surface area contributed by atoms with E-state index in [1.54, 1.807) is 12.1 Å². The maximum atomic E-state index is 13.4. The summed E-state index contributed by atoms with van der Waals surface area (Å²) in [6.07, 6.45) is 0.897. The Kier molecular flexibility index (Phi) is 2.80. The molecule has 1 heterocycles. The van der Waals surface area contributed by atoms with Gasteiger partial charge < -0.3 is 10.1 Å². The normalized spacial score (nSPS) is 24.1. The minimum absolute atomic E-state index is 0.0679. The number of nitrogens with zero attached hydrogens (tertiary/aromatic N) is 1. The first-order valence-electron chi connectivity index (χ1n) is 5.19. The van der Waals surface area contributed by atoms with Crippen LogP contribution in [-0.2, 0) is 4.74 Å². The summed E-state index contributed by atoms with van der Waals surface area (Å²) in [6.45, 7) is 3.38. The zero-order chi connectivity index (χ0) is 11.6. The molecule has 0 aliphatic carbocycles. The molecular weight excluding hydrogens is 207 g/mol. The van der Waals surface area contributed by atoms with E-state index in [0.29, 0.717) is 12.3 Å². The fraction of sp³-hybridized carbons (Fsp3) is 0.417. The van der Waals surface area contributed by atoms with E-state index in [1.165, 1.54) is 12.1 Å². The summed E-state index contributed by atoms with van der Waals surface area (Å²) in [4.78, 5) is 0. The largest absolute Gasteiger partial charge is 0.379 e. The summed E-state index contributed by atoms with van der Waals surface area (Å²) in [6, 6.07) is 6.34. The van der Waals surface area contributed by atoms with Crippen LogP contribution in [0.5, 0.6) is 0 Å². The van der Waals surface area contributed by atoms with Gasteiger partial charge in [0.05, 0.1) is 17.7 Å². The molecule has 1 aromatic rings. The Morgan fingerprint density at radius 3 is 2.94 bits per heavy atom. The van der Waals surface area contributed by atoms with Crippen molar-refractivity contribution in [3.05, 3.63) is 29.6 Å². The van der Waals surface area contributed by atoms with E-state index in [-0.39, 0.29) is 11.1 Å². The molecule has 1 unspecified atom stereocenters. The van der Waals surface area contributed by atoms with Crippen molar-refractivity contribution in [3.63, 3.8) is 0 Å². The summed E-state index contributed by atoms with van der Waals surface area (Å²) in [7, 11) is 0. The molecule has 84 valence electrons. The molecule has 0 radical (unpaired) electrons. The highest BCUT2D eigenvalue weighted by Crippen LogP contribution is 2.24. The Morgan fingerprint density at radius 2 is 2.38 bits per heavy atom. The lowest BCUT2D eigenvalue weighted by atomic mass is 10.0. The number of nitriles is 1. The van der Waals surface area contributed by atoms with Crippen molar-refractivity contribution in [2.75, 3.05) is 18.5 Å². The van der Waals surface area contributed by atoms with Gasteiger partial charge in [-0.2, -0.15) is 5.26 Å². The SMILES string of the molecule is CC1(Nc2ccc(C#N)c(F)c2)CCOC1. The van der Waals surface area contributed by atoms with Crippen LogP contribution in [0.15, 0.2) is 18.2 Å². The highest BCUT2D eigenvalue weighted by atomic mass is 19.1. The first-order chi connectivity index (χ1) is 7.63. The third-order valence-corrected chi connectivity index (χ3v) is 2.75. The first kappa shape index (κ1) is 10.9. The van der Waals surface area contributed by atoms with Crippen LogP contribution >= 0.6 is 0 Å². The van der Waals surface area contributed by atoms with Crippen molar-refractivity contribution in [3.8, 4) is 6.07 Å². The van der Waals surface area contributed by atoms with Crippen LogP contribution in [0.1, 0.15) is 18.9 Å². The maximum absolute atomic E-state index is 13.4. The number of rotatable bonds is 2. The van der Waals surface area contributed by atoms with Gasteiger partial charge in [-0.1, -0.05) is 0 Å². The van der Waals surface area contributed by atoms with Crippen LogP contribution in [0.25, 0.3) is 0 Å². The van der Waals surface area contributed by atoms with Gasteiger partial charge in [-0.15, -0.1) is 0 Å². The van der Waals surface area contributed by atoms with E-state index in [1.807, 2.05) is 6.92 Å². The molecule has 0 saturated carbocycles. The highest BCUT2D eigenvalue weighted by molar-refractivity contribution is 5.50. The van der Waals surface area contributed by atoms with Gasteiger partial charge in [0, 0.05) is 12.3 Å². The Morgan fingerprint density at radius 1 is 1.56 bits per heavy atom. The molecule has 4 heteroatoms. The minimum Gasteiger partial charge on any atom is -0.379 e. The Labute approximate surface area is 93.8 Å². The Bertz CT molecular complexity index is 433. The summed E-state index contributed by atoms with van der Waals surface area (Å²) in [5, 5.41) is 11.8. The number of benzene rings is 1. The summed E-state index contributed by atoms with van der Waals surface area (Å²) >= 11 is 0. The van der Waals surface area contributed by atoms with Crippen LogP contribution in [0.2, 0.25) is 0 Å². The van der Waals surface area contributed by atoms with Gasteiger partial charge in [-0.3, -0.25) is 0 Å². The molecule has 1 N–H and O–H groups in total. The second-order valence-corrected chi connectivity index (χ2v) is 4.29. The lowest BCUT2D eigenvalue weighted by molar-refractivity contribution is 0.185. The number of halogens is 1. The predicted octanol–water partition coefficient (Wildman–Crippen LogP) is 2.29. The van der Waals surface area contributed by atoms with E-state index in [9.17, 15) is 4.39 Å². The van der Waals surface area contributed by atoms with Crippen molar-refractivity contribution < 1.29 is 9.13 Å². The smallest absolute Gasteiger partial charge is 0.143 e. The number of ether oxygens (including phenoxy) is 1. The Hall–Kier alpha value is -1.60. The molecule has 1 aliphatic rings. The number of nitrogens with one attached hydrogen (secondary N) is 1. The molecule has 1 aliphatic heterocycles. The van der Waals surface area contributed by atoms with Crippen LogP contribution in [0, 0.1) is 17.1 Å². The Balaban J connectivity index is 2.16. The molecule has 0 bridgehead atoms. The molecule has 16 heavy (non-hydrogen) atoms. The van der Waals surface area contributed by atoms with E-state index in [0.717, 1.165) is 13.0 Å². The van der Waals surface area contributed by atoms with Gasteiger partial charge in [0.25, 0.3) is 0 Å². The number of anilines is 1. The fourth-order valence-electron chi connectivity index (χ4n) is 1.80. The van der Waals surface area contributed by atoms with Gasteiger partial charge in [-0.25, -0.2) is 4.39 Å². The molecule has 3 nitrogen and oxygen atoms in total. The molecule has 2 rings (SSSR count). The van der Waals surface area contributed by atoms with Crippen molar-refractivity contribution in [1.82, 2.24) is 0 Å². The zero-order valence-electron chi connectivity index (χ0n) is 9.09. The number of hydrogen-bond donors (Lipinski definition) is 1. The number of hydrogen-bond acceptors (Lipinski definition) is 3. The zero-order valence-corrected chi connectivity index (χ0v) is 9.09. The van der Waals surface area contributed by atoms with E-state index in [2.05, 4.69) is 5.32 Å². The van der Waals surface area contributed by atoms with E-state index >= 15 is 0 Å². The third kappa shape index (κ3) is 2.15. The summed E-state index contributed by atoms with van der Waals surface area (Å²) in [5.74, 6) is -0.491. The van der Waals surface area contributed by atoms with Crippen molar-refractivity contribution in [1.29, 1.82) is 5.26 Å². The lowest BCUT2D eigenvalue weighted by Gasteiger charge is -2.25. The maximum Gasteiger partial charge on any atom is 0.143 e. The van der Waals surface area contributed by atoms with Crippen LogP contribution in [0.3, 0.4) is 0 Å². The van der Waals surface area contributed by atoms with Gasteiger partial charge in [0.1, 0.15) is 11.9 Å². The standard InChI is InChI=1S/C12H13FN2O/c1-12(4-5-16-8-12)15-10-3-2-9(7-14)11(13)6-10/h2-3,6,15H,4-5,8H2,1H3. The predicted molar refractivity (Wildman–Crippen MR) is 58.6 cm³/mol. The van der Waals surface area contributed by atoms with Gasteiger partial charge >= 0.3 is 0 Å². The molecule has 0 aromatic heterocycles. The van der Waals surface area contributed by atoms with Crippen molar-refractivity contribution in [2.45, 2.75) is 18.9 Å². The second-order valence-electron chi connectivity index (χ2n) is 4.29. The molecular formula is C12H13FN2O. The monoisotopic (exact) mass is 220 g/mol. The molecule has 1 fully saturated rings.